The minimum absolute atomic E-state index is 0.169. The van der Waals surface area contributed by atoms with Crippen LogP contribution in [0.1, 0.15) is 36.1 Å². The fourth-order valence-electron chi connectivity index (χ4n) is 2.41. The number of hydrogen-bond donors (Lipinski definition) is 2. The first-order chi connectivity index (χ1) is 9.69. The van der Waals surface area contributed by atoms with Gasteiger partial charge in [0.25, 0.3) is 0 Å². The molecule has 0 saturated carbocycles. The summed E-state index contributed by atoms with van der Waals surface area (Å²) >= 11 is 3.58. The zero-order chi connectivity index (χ0) is 14.4. The van der Waals surface area contributed by atoms with Crippen molar-refractivity contribution in [3.05, 3.63) is 44.8 Å². The second-order valence-corrected chi connectivity index (χ2v) is 7.54. The molecule has 0 saturated heterocycles. The average molecular weight is 310 g/mol. The molecule has 0 radical (unpaired) electrons. The number of aliphatic hydroxyl groups is 1. The van der Waals surface area contributed by atoms with E-state index in [0.29, 0.717) is 12.0 Å². The molecule has 0 spiro atoms. The Bertz CT molecular complexity index is 465. The van der Waals surface area contributed by atoms with E-state index in [2.05, 4.69) is 54.2 Å². The molecule has 2 aromatic rings. The van der Waals surface area contributed by atoms with Gasteiger partial charge in [-0.1, -0.05) is 26.0 Å². The highest BCUT2D eigenvalue weighted by Gasteiger charge is 2.19. The summed E-state index contributed by atoms with van der Waals surface area (Å²) in [6.45, 7) is 4.60. The first-order valence-electron chi connectivity index (χ1n) is 7.11. The van der Waals surface area contributed by atoms with Crippen LogP contribution in [0, 0.1) is 5.92 Å². The van der Waals surface area contributed by atoms with Crippen LogP contribution < -0.4 is 5.32 Å². The second kappa shape index (κ2) is 7.93. The molecule has 20 heavy (non-hydrogen) atoms. The molecule has 2 N–H and O–H groups in total. The third-order valence-electron chi connectivity index (χ3n) is 3.29. The van der Waals surface area contributed by atoms with E-state index in [0.717, 1.165) is 12.8 Å². The monoisotopic (exact) mass is 309 g/mol. The predicted molar refractivity (Wildman–Crippen MR) is 88.5 cm³/mol. The number of nitrogens with one attached hydrogen (secondary N) is 1. The summed E-state index contributed by atoms with van der Waals surface area (Å²) in [6.07, 6.45) is 2.00. The van der Waals surface area contributed by atoms with Gasteiger partial charge < -0.3 is 10.4 Å². The first-order valence-corrected chi connectivity index (χ1v) is 8.87. The van der Waals surface area contributed by atoms with Gasteiger partial charge in [0, 0.05) is 28.3 Å². The number of aliphatic hydroxyl groups excluding tert-OH is 1. The van der Waals surface area contributed by atoms with Crippen molar-refractivity contribution < 1.29 is 5.11 Å². The summed E-state index contributed by atoms with van der Waals surface area (Å²) in [5.41, 5.74) is 0. The maximum atomic E-state index is 9.59. The molecular weight excluding hydrogens is 286 g/mol. The number of rotatable bonds is 8. The van der Waals surface area contributed by atoms with Crippen LogP contribution in [-0.4, -0.2) is 17.8 Å². The first kappa shape index (κ1) is 15.7. The lowest BCUT2D eigenvalue weighted by Crippen LogP contribution is -2.37. The van der Waals surface area contributed by atoms with Gasteiger partial charge in [0.15, 0.2) is 0 Å². The molecular formula is C16H23NOS2. The van der Waals surface area contributed by atoms with Gasteiger partial charge in [0.05, 0.1) is 6.61 Å². The highest BCUT2D eigenvalue weighted by molar-refractivity contribution is 7.10. The molecule has 0 fully saturated rings. The highest BCUT2D eigenvalue weighted by Crippen LogP contribution is 2.26. The Morgan fingerprint density at radius 2 is 1.90 bits per heavy atom. The molecule has 0 bridgehead atoms. The van der Waals surface area contributed by atoms with Gasteiger partial charge in [-0.05, 0) is 35.2 Å². The van der Waals surface area contributed by atoms with Crippen molar-refractivity contribution >= 4 is 22.7 Å². The van der Waals surface area contributed by atoms with Crippen LogP contribution in [0.25, 0.3) is 0 Å². The molecule has 2 unspecified atom stereocenters. The number of thiophene rings is 2. The Morgan fingerprint density at radius 1 is 1.15 bits per heavy atom. The molecule has 2 heterocycles. The molecule has 2 atom stereocenters. The van der Waals surface area contributed by atoms with E-state index in [1.54, 1.807) is 22.7 Å². The summed E-state index contributed by atoms with van der Waals surface area (Å²) < 4.78 is 0. The van der Waals surface area contributed by atoms with E-state index in [4.69, 9.17) is 0 Å². The van der Waals surface area contributed by atoms with Gasteiger partial charge in [0.1, 0.15) is 0 Å². The molecule has 2 nitrogen and oxygen atoms in total. The molecule has 2 aromatic heterocycles. The zero-order valence-corrected chi connectivity index (χ0v) is 13.7. The van der Waals surface area contributed by atoms with Crippen LogP contribution in [0.15, 0.2) is 35.0 Å². The minimum Gasteiger partial charge on any atom is -0.395 e. The molecule has 2 rings (SSSR count). The summed E-state index contributed by atoms with van der Waals surface area (Å²) in [5.74, 6) is 0.588. The van der Waals surface area contributed by atoms with Crippen molar-refractivity contribution in [1.82, 2.24) is 5.32 Å². The van der Waals surface area contributed by atoms with Gasteiger partial charge in [-0.2, -0.15) is 0 Å². The fourth-order valence-corrected chi connectivity index (χ4v) is 3.95. The quantitative estimate of drug-likeness (QED) is 0.770. The Balaban J connectivity index is 2.06. The smallest absolute Gasteiger partial charge is 0.0584 e. The van der Waals surface area contributed by atoms with Crippen LogP contribution in [0.2, 0.25) is 0 Å². The van der Waals surface area contributed by atoms with Crippen LogP contribution in [0.3, 0.4) is 0 Å². The molecule has 0 aliphatic heterocycles. The van der Waals surface area contributed by atoms with Crippen molar-refractivity contribution in [3.63, 3.8) is 0 Å². The van der Waals surface area contributed by atoms with Crippen molar-refractivity contribution in [1.29, 1.82) is 0 Å². The van der Waals surface area contributed by atoms with Gasteiger partial charge in [-0.25, -0.2) is 0 Å². The summed E-state index contributed by atoms with van der Waals surface area (Å²) in [6, 6.07) is 9.03. The molecule has 4 heteroatoms. The average Bonchev–Trinajstić information content (AvgIpc) is 3.09. The normalized spacial score (nSPS) is 14.6. The SMILES string of the molecule is CC(C)CC(CO)NC(Cc1cccs1)c1cccs1. The van der Waals surface area contributed by atoms with Crippen LogP contribution >= 0.6 is 22.7 Å². The van der Waals surface area contributed by atoms with E-state index in [1.807, 2.05) is 0 Å². The topological polar surface area (TPSA) is 32.3 Å². The molecule has 0 aromatic carbocycles. The van der Waals surface area contributed by atoms with Gasteiger partial charge in [-0.3, -0.25) is 0 Å². The predicted octanol–water partition coefficient (Wildman–Crippen LogP) is 4.09. The third-order valence-corrected chi connectivity index (χ3v) is 5.17. The molecule has 110 valence electrons. The minimum atomic E-state index is 0.169. The van der Waals surface area contributed by atoms with E-state index in [1.165, 1.54) is 9.75 Å². The van der Waals surface area contributed by atoms with Crippen LogP contribution in [-0.2, 0) is 6.42 Å². The van der Waals surface area contributed by atoms with Gasteiger partial charge in [-0.15, -0.1) is 22.7 Å². The second-order valence-electron chi connectivity index (χ2n) is 5.53. The molecule has 0 aliphatic carbocycles. The Kier molecular flexibility index (Phi) is 6.23. The van der Waals surface area contributed by atoms with Crippen molar-refractivity contribution in [2.24, 2.45) is 5.92 Å². The van der Waals surface area contributed by atoms with Gasteiger partial charge in [0.2, 0.25) is 0 Å². The zero-order valence-electron chi connectivity index (χ0n) is 12.1. The molecule has 0 amide bonds. The van der Waals surface area contributed by atoms with Crippen LogP contribution in [0.4, 0.5) is 0 Å². The largest absolute Gasteiger partial charge is 0.395 e. The molecule has 0 aliphatic rings. The fraction of sp³-hybridized carbons (Fsp3) is 0.500. The van der Waals surface area contributed by atoms with Crippen molar-refractivity contribution in [2.45, 2.75) is 38.8 Å². The lowest BCUT2D eigenvalue weighted by Gasteiger charge is -2.25. The maximum absolute atomic E-state index is 9.59. The summed E-state index contributed by atoms with van der Waals surface area (Å²) in [5, 5.41) is 17.5. The van der Waals surface area contributed by atoms with Gasteiger partial charge >= 0.3 is 0 Å². The van der Waals surface area contributed by atoms with E-state index < -0.39 is 0 Å². The summed E-state index contributed by atoms with van der Waals surface area (Å²) in [4.78, 5) is 2.73. The maximum Gasteiger partial charge on any atom is 0.0584 e. The Hall–Kier alpha value is -0.680. The number of hydrogen-bond acceptors (Lipinski definition) is 4. The Morgan fingerprint density at radius 3 is 2.45 bits per heavy atom. The van der Waals surface area contributed by atoms with E-state index in [9.17, 15) is 5.11 Å². The summed E-state index contributed by atoms with van der Waals surface area (Å²) in [7, 11) is 0. The lowest BCUT2D eigenvalue weighted by molar-refractivity contribution is 0.213. The van der Waals surface area contributed by atoms with Crippen LogP contribution in [0.5, 0.6) is 0 Å². The highest BCUT2D eigenvalue weighted by atomic mass is 32.1. The van der Waals surface area contributed by atoms with E-state index in [-0.39, 0.29) is 12.6 Å². The van der Waals surface area contributed by atoms with Crippen molar-refractivity contribution in [3.8, 4) is 0 Å². The third kappa shape index (κ3) is 4.70. The van der Waals surface area contributed by atoms with E-state index >= 15 is 0 Å². The lowest BCUT2D eigenvalue weighted by atomic mass is 10.0. The van der Waals surface area contributed by atoms with Crippen molar-refractivity contribution in [2.75, 3.05) is 6.61 Å². The Labute approximate surface area is 129 Å². The standard InChI is InChI=1S/C16H23NOS2/c1-12(2)9-13(11-18)17-15(16-6-4-8-20-16)10-14-5-3-7-19-14/h3-8,12-13,15,17-18H,9-11H2,1-2H3.